The molecule has 1 saturated carbocycles. The van der Waals surface area contributed by atoms with E-state index in [1.165, 1.54) is 0 Å². The Kier molecular flexibility index (Phi) is 2.79. The van der Waals surface area contributed by atoms with Crippen molar-refractivity contribution in [3.8, 4) is 0 Å². The van der Waals surface area contributed by atoms with Crippen LogP contribution < -0.4 is 0 Å². The summed E-state index contributed by atoms with van der Waals surface area (Å²) in [4.78, 5) is 25.7. The molecule has 3 aliphatic rings. The SMILES string of the molecule is Cc1cc(Br)cc(C)c1C1C(=O)[C@@H]2[C@H](C1=O)[C@H]1C=C[C@@H]2O1. The minimum Gasteiger partial charge on any atom is -0.365 e. The minimum atomic E-state index is -0.609. The van der Waals surface area contributed by atoms with Gasteiger partial charge in [0.25, 0.3) is 0 Å². The van der Waals surface area contributed by atoms with Gasteiger partial charge in [-0.3, -0.25) is 9.59 Å². The molecule has 1 aliphatic carbocycles. The van der Waals surface area contributed by atoms with Crippen molar-refractivity contribution >= 4 is 27.5 Å². The zero-order valence-electron chi connectivity index (χ0n) is 11.8. The first-order valence-electron chi connectivity index (χ1n) is 7.17. The van der Waals surface area contributed by atoms with Crippen molar-refractivity contribution in [1.82, 2.24) is 0 Å². The number of rotatable bonds is 1. The molecule has 4 heteroatoms. The van der Waals surface area contributed by atoms with Crippen molar-refractivity contribution in [2.75, 3.05) is 0 Å². The second-order valence-electron chi connectivity index (χ2n) is 6.19. The predicted octanol–water partition coefficient (Wildman–Crippen LogP) is 2.87. The molecular weight excluding hydrogens is 332 g/mol. The van der Waals surface area contributed by atoms with Gasteiger partial charge in [0, 0.05) is 4.47 Å². The van der Waals surface area contributed by atoms with E-state index in [0.717, 1.165) is 21.2 Å². The van der Waals surface area contributed by atoms with Crippen LogP contribution in [0.2, 0.25) is 0 Å². The summed E-state index contributed by atoms with van der Waals surface area (Å²) in [5, 5.41) is 0. The van der Waals surface area contributed by atoms with Gasteiger partial charge in [0.15, 0.2) is 11.6 Å². The highest BCUT2D eigenvalue weighted by Crippen LogP contribution is 2.50. The molecule has 2 heterocycles. The number of hydrogen-bond donors (Lipinski definition) is 0. The summed E-state index contributed by atoms with van der Waals surface area (Å²) in [6.07, 6.45) is 3.47. The van der Waals surface area contributed by atoms with Crippen LogP contribution in [-0.4, -0.2) is 23.8 Å². The summed E-state index contributed by atoms with van der Waals surface area (Å²) in [6.45, 7) is 3.93. The van der Waals surface area contributed by atoms with Crippen LogP contribution in [0.1, 0.15) is 22.6 Å². The third kappa shape index (κ3) is 1.69. The Morgan fingerprint density at radius 3 is 1.90 bits per heavy atom. The molecule has 3 nitrogen and oxygen atoms in total. The predicted molar refractivity (Wildman–Crippen MR) is 81.2 cm³/mol. The zero-order chi connectivity index (χ0) is 14.9. The lowest BCUT2D eigenvalue weighted by Crippen LogP contribution is -2.26. The van der Waals surface area contributed by atoms with Gasteiger partial charge >= 0.3 is 0 Å². The molecule has 1 unspecified atom stereocenters. The van der Waals surface area contributed by atoms with E-state index in [9.17, 15) is 9.59 Å². The Morgan fingerprint density at radius 1 is 0.952 bits per heavy atom. The van der Waals surface area contributed by atoms with Gasteiger partial charge < -0.3 is 4.74 Å². The third-order valence-electron chi connectivity index (χ3n) is 4.97. The van der Waals surface area contributed by atoms with Crippen LogP contribution >= 0.6 is 15.9 Å². The molecule has 0 aromatic heterocycles. The van der Waals surface area contributed by atoms with Gasteiger partial charge in [0.05, 0.1) is 24.0 Å². The molecule has 5 atom stereocenters. The van der Waals surface area contributed by atoms with E-state index in [-0.39, 0.29) is 35.6 Å². The Hall–Kier alpha value is -1.26. The number of hydrogen-bond acceptors (Lipinski definition) is 3. The monoisotopic (exact) mass is 346 g/mol. The lowest BCUT2D eigenvalue weighted by molar-refractivity contribution is -0.127. The Bertz CT molecular complexity index is 653. The average Bonchev–Trinajstić information content (AvgIpc) is 3.06. The fourth-order valence-electron chi connectivity index (χ4n) is 4.17. The molecular formula is C17H15BrO3. The van der Waals surface area contributed by atoms with E-state index >= 15 is 0 Å². The Morgan fingerprint density at radius 2 is 1.43 bits per heavy atom. The maximum Gasteiger partial charge on any atom is 0.154 e. The second-order valence-corrected chi connectivity index (χ2v) is 7.11. The smallest absolute Gasteiger partial charge is 0.154 e. The Balaban J connectivity index is 1.82. The zero-order valence-corrected chi connectivity index (χ0v) is 13.4. The Labute approximate surface area is 131 Å². The molecule has 0 radical (unpaired) electrons. The molecule has 2 aliphatic heterocycles. The number of benzene rings is 1. The van der Waals surface area contributed by atoms with Crippen LogP contribution in [0, 0.1) is 25.7 Å². The van der Waals surface area contributed by atoms with E-state index in [1.807, 2.05) is 38.1 Å². The lowest BCUT2D eigenvalue weighted by atomic mass is 9.85. The highest BCUT2D eigenvalue weighted by Gasteiger charge is 2.61. The van der Waals surface area contributed by atoms with Gasteiger partial charge in [-0.25, -0.2) is 0 Å². The van der Waals surface area contributed by atoms with Gasteiger partial charge in [0.2, 0.25) is 0 Å². The van der Waals surface area contributed by atoms with Crippen molar-refractivity contribution in [2.45, 2.75) is 32.0 Å². The number of carbonyl (C=O) groups excluding carboxylic acids is 2. The summed E-state index contributed by atoms with van der Waals surface area (Å²) in [5.41, 5.74) is 2.88. The number of Topliss-reactive ketones (excluding diaryl/α,β-unsaturated/α-hetero) is 2. The molecule has 21 heavy (non-hydrogen) atoms. The molecule has 0 spiro atoms. The molecule has 0 N–H and O–H groups in total. The summed E-state index contributed by atoms with van der Waals surface area (Å²) >= 11 is 3.46. The topological polar surface area (TPSA) is 43.4 Å². The van der Waals surface area contributed by atoms with Crippen molar-refractivity contribution < 1.29 is 14.3 Å². The standard InChI is InChI=1S/C17H15BrO3/c1-7-5-9(18)6-8(2)12(7)15-16(19)13-10-3-4-11(21-10)14(13)17(15)20/h3-6,10-11,13-15H,1-2H3/t10-,11+,13-,14+,15?. The van der Waals surface area contributed by atoms with Crippen LogP contribution in [0.3, 0.4) is 0 Å². The van der Waals surface area contributed by atoms with Gasteiger partial charge in [0.1, 0.15) is 5.92 Å². The van der Waals surface area contributed by atoms with Crippen LogP contribution in [-0.2, 0) is 14.3 Å². The number of ether oxygens (including phenoxy) is 1. The highest BCUT2D eigenvalue weighted by molar-refractivity contribution is 9.10. The molecule has 4 rings (SSSR count). The molecule has 1 aromatic rings. The first-order valence-corrected chi connectivity index (χ1v) is 7.96. The highest BCUT2D eigenvalue weighted by atomic mass is 79.9. The van der Waals surface area contributed by atoms with E-state index in [4.69, 9.17) is 4.74 Å². The summed E-state index contributed by atoms with van der Waals surface area (Å²) < 4.78 is 6.66. The van der Waals surface area contributed by atoms with Gasteiger partial charge in [-0.15, -0.1) is 0 Å². The number of aryl methyl sites for hydroxylation is 2. The summed E-state index contributed by atoms with van der Waals surface area (Å²) in [6, 6.07) is 3.95. The van der Waals surface area contributed by atoms with E-state index < -0.39 is 5.92 Å². The van der Waals surface area contributed by atoms with Gasteiger partial charge in [-0.1, -0.05) is 28.1 Å². The number of halogens is 1. The molecule has 108 valence electrons. The minimum absolute atomic E-state index is 0.0374. The van der Waals surface area contributed by atoms with Crippen molar-refractivity contribution in [3.05, 3.63) is 45.4 Å². The van der Waals surface area contributed by atoms with E-state index in [0.29, 0.717) is 0 Å². The fraction of sp³-hybridized carbons (Fsp3) is 0.412. The second kappa shape index (κ2) is 4.37. The largest absolute Gasteiger partial charge is 0.365 e. The van der Waals surface area contributed by atoms with Crippen molar-refractivity contribution in [1.29, 1.82) is 0 Å². The number of fused-ring (bicyclic) bond motifs is 5. The van der Waals surface area contributed by atoms with Gasteiger partial charge in [-0.05, 0) is 42.7 Å². The van der Waals surface area contributed by atoms with Crippen LogP contribution in [0.25, 0.3) is 0 Å². The third-order valence-corrected chi connectivity index (χ3v) is 5.43. The maximum atomic E-state index is 12.8. The first kappa shape index (κ1) is 13.4. The fourth-order valence-corrected chi connectivity index (χ4v) is 4.86. The van der Waals surface area contributed by atoms with Crippen LogP contribution in [0.15, 0.2) is 28.8 Å². The van der Waals surface area contributed by atoms with Gasteiger partial charge in [-0.2, -0.15) is 0 Å². The number of ketones is 2. The quantitative estimate of drug-likeness (QED) is 0.580. The molecule has 1 saturated heterocycles. The average molecular weight is 347 g/mol. The molecule has 1 aromatic carbocycles. The molecule has 0 amide bonds. The van der Waals surface area contributed by atoms with E-state index in [1.54, 1.807) is 0 Å². The normalized spacial score (nSPS) is 36.6. The van der Waals surface area contributed by atoms with Crippen molar-refractivity contribution in [3.63, 3.8) is 0 Å². The maximum absolute atomic E-state index is 12.8. The first-order chi connectivity index (χ1) is 9.99. The summed E-state index contributed by atoms with van der Waals surface area (Å²) in [7, 11) is 0. The summed E-state index contributed by atoms with van der Waals surface area (Å²) in [5.74, 6) is -1.09. The number of carbonyl (C=O) groups is 2. The lowest BCUT2D eigenvalue weighted by Gasteiger charge is -2.17. The van der Waals surface area contributed by atoms with Crippen LogP contribution in [0.4, 0.5) is 0 Å². The molecule has 2 bridgehead atoms. The molecule has 2 fully saturated rings. The van der Waals surface area contributed by atoms with E-state index in [2.05, 4.69) is 15.9 Å². The van der Waals surface area contributed by atoms with Crippen LogP contribution in [0.5, 0.6) is 0 Å². The van der Waals surface area contributed by atoms with Crippen molar-refractivity contribution in [2.24, 2.45) is 11.8 Å².